The third-order valence-corrected chi connectivity index (χ3v) is 5.01. The molecule has 3 amide bonds. The van der Waals surface area contributed by atoms with Crippen LogP contribution in [0.2, 0.25) is 5.02 Å². The number of aryl methyl sites for hydroxylation is 1. The Morgan fingerprint density at radius 1 is 1.31 bits per heavy atom. The summed E-state index contributed by atoms with van der Waals surface area (Å²) in [6, 6.07) is 8.75. The maximum absolute atomic E-state index is 12.4. The molecule has 134 valence electrons. The lowest BCUT2D eigenvalue weighted by Crippen LogP contribution is -2.37. The van der Waals surface area contributed by atoms with Gasteiger partial charge < -0.3 is 9.73 Å². The molecule has 26 heavy (non-hydrogen) atoms. The lowest BCUT2D eigenvalue weighted by atomic mass is 10.2. The summed E-state index contributed by atoms with van der Waals surface area (Å²) in [5, 5.41) is 2.76. The zero-order valence-electron chi connectivity index (χ0n) is 13.8. The topological polar surface area (TPSA) is 79.6 Å². The van der Waals surface area contributed by atoms with Crippen LogP contribution in [0.1, 0.15) is 21.7 Å². The summed E-state index contributed by atoms with van der Waals surface area (Å²) in [7, 11) is 0. The van der Waals surface area contributed by atoms with Gasteiger partial charge in [0.05, 0.1) is 11.2 Å². The van der Waals surface area contributed by atoms with Crippen LogP contribution in [0.5, 0.6) is 0 Å². The Kier molecular flexibility index (Phi) is 5.49. The SMILES string of the molecule is Cc1ccoc1C(=O)NCCN1C(=O)SC(=Cc2ccccc2Cl)C1=O. The van der Waals surface area contributed by atoms with Crippen molar-refractivity contribution >= 4 is 46.5 Å². The summed E-state index contributed by atoms with van der Waals surface area (Å²) in [4.78, 5) is 37.9. The Balaban J connectivity index is 1.62. The third kappa shape index (κ3) is 3.84. The third-order valence-electron chi connectivity index (χ3n) is 3.75. The second-order valence-electron chi connectivity index (χ2n) is 5.54. The minimum absolute atomic E-state index is 0.0794. The highest BCUT2D eigenvalue weighted by Crippen LogP contribution is 2.33. The first-order valence-electron chi connectivity index (χ1n) is 7.79. The Labute approximate surface area is 159 Å². The lowest BCUT2D eigenvalue weighted by molar-refractivity contribution is -0.122. The van der Waals surface area contributed by atoms with Crippen LogP contribution in [0.4, 0.5) is 4.79 Å². The smallest absolute Gasteiger partial charge is 0.293 e. The molecule has 8 heteroatoms. The van der Waals surface area contributed by atoms with Crippen molar-refractivity contribution in [1.82, 2.24) is 10.2 Å². The molecule has 0 unspecified atom stereocenters. The number of benzene rings is 1. The van der Waals surface area contributed by atoms with Crippen LogP contribution in [0, 0.1) is 6.92 Å². The molecule has 1 aliphatic heterocycles. The van der Waals surface area contributed by atoms with E-state index in [4.69, 9.17) is 16.0 Å². The Morgan fingerprint density at radius 2 is 2.08 bits per heavy atom. The van der Waals surface area contributed by atoms with E-state index < -0.39 is 5.91 Å². The quantitative estimate of drug-likeness (QED) is 0.787. The number of carbonyl (C=O) groups excluding carboxylic acids is 3. The van der Waals surface area contributed by atoms with Crippen molar-refractivity contribution in [1.29, 1.82) is 0 Å². The molecule has 0 aliphatic carbocycles. The van der Waals surface area contributed by atoms with Crippen molar-refractivity contribution < 1.29 is 18.8 Å². The Morgan fingerprint density at radius 3 is 2.77 bits per heavy atom. The van der Waals surface area contributed by atoms with Gasteiger partial charge in [-0.05, 0) is 42.5 Å². The number of amides is 3. The fraction of sp³-hybridized carbons (Fsp3) is 0.167. The van der Waals surface area contributed by atoms with E-state index in [9.17, 15) is 14.4 Å². The van der Waals surface area contributed by atoms with Gasteiger partial charge in [-0.25, -0.2) is 0 Å². The van der Waals surface area contributed by atoms with Crippen molar-refractivity contribution in [3.63, 3.8) is 0 Å². The molecule has 2 heterocycles. The summed E-state index contributed by atoms with van der Waals surface area (Å²) in [6.45, 7) is 1.97. The molecule has 1 fully saturated rings. The number of hydrogen-bond donors (Lipinski definition) is 1. The summed E-state index contributed by atoms with van der Waals surface area (Å²) in [5.41, 5.74) is 1.39. The normalized spacial score (nSPS) is 15.8. The first-order valence-corrected chi connectivity index (χ1v) is 8.99. The van der Waals surface area contributed by atoms with Crippen molar-refractivity contribution in [2.75, 3.05) is 13.1 Å². The van der Waals surface area contributed by atoms with Crippen LogP contribution in [0.3, 0.4) is 0 Å². The van der Waals surface area contributed by atoms with Crippen molar-refractivity contribution in [2.45, 2.75) is 6.92 Å². The highest BCUT2D eigenvalue weighted by molar-refractivity contribution is 8.18. The lowest BCUT2D eigenvalue weighted by Gasteiger charge is -2.12. The fourth-order valence-corrected chi connectivity index (χ4v) is 3.44. The maximum atomic E-state index is 12.4. The minimum atomic E-state index is -0.400. The molecule has 1 aromatic carbocycles. The van der Waals surface area contributed by atoms with E-state index >= 15 is 0 Å². The van der Waals surface area contributed by atoms with E-state index in [2.05, 4.69) is 5.32 Å². The number of furan rings is 1. The molecule has 6 nitrogen and oxygen atoms in total. The minimum Gasteiger partial charge on any atom is -0.459 e. The molecule has 1 aliphatic rings. The van der Waals surface area contributed by atoms with E-state index in [0.717, 1.165) is 22.2 Å². The summed E-state index contributed by atoms with van der Waals surface area (Å²) in [6.07, 6.45) is 3.03. The number of thioether (sulfide) groups is 1. The van der Waals surface area contributed by atoms with Crippen LogP contribution >= 0.6 is 23.4 Å². The molecular formula is C18H15ClN2O4S. The summed E-state index contributed by atoms with van der Waals surface area (Å²) >= 11 is 6.94. The van der Waals surface area contributed by atoms with Gasteiger partial charge in [-0.2, -0.15) is 0 Å². The van der Waals surface area contributed by atoms with Gasteiger partial charge in [0.1, 0.15) is 0 Å². The summed E-state index contributed by atoms with van der Waals surface area (Å²) < 4.78 is 5.10. The van der Waals surface area contributed by atoms with E-state index in [1.165, 1.54) is 6.26 Å². The van der Waals surface area contributed by atoms with E-state index in [0.29, 0.717) is 15.5 Å². The molecular weight excluding hydrogens is 376 g/mol. The van der Waals surface area contributed by atoms with E-state index in [1.54, 1.807) is 43.3 Å². The van der Waals surface area contributed by atoms with Crippen molar-refractivity contribution in [3.8, 4) is 0 Å². The van der Waals surface area contributed by atoms with Crippen LogP contribution < -0.4 is 5.32 Å². The number of nitrogens with zero attached hydrogens (tertiary/aromatic N) is 1. The monoisotopic (exact) mass is 390 g/mol. The Hall–Kier alpha value is -2.51. The molecule has 0 atom stereocenters. The largest absolute Gasteiger partial charge is 0.459 e. The van der Waals surface area contributed by atoms with Gasteiger partial charge in [-0.1, -0.05) is 29.8 Å². The predicted molar refractivity (Wildman–Crippen MR) is 99.9 cm³/mol. The molecule has 2 aromatic rings. The molecule has 1 N–H and O–H groups in total. The van der Waals surface area contributed by atoms with E-state index in [-0.39, 0.29) is 30.0 Å². The van der Waals surface area contributed by atoms with Crippen LogP contribution in [0.15, 0.2) is 45.9 Å². The zero-order valence-corrected chi connectivity index (χ0v) is 15.4. The van der Waals surface area contributed by atoms with Crippen LogP contribution in [-0.2, 0) is 4.79 Å². The second kappa shape index (κ2) is 7.80. The first kappa shape index (κ1) is 18.3. The standard InChI is InChI=1S/C18H15ClN2O4S/c1-11-6-9-25-15(11)16(22)20-7-8-21-17(23)14(26-18(21)24)10-12-4-2-3-5-13(12)19/h2-6,9-10H,7-8H2,1H3,(H,20,22). The molecule has 1 aromatic heterocycles. The summed E-state index contributed by atoms with van der Waals surface area (Å²) in [5.74, 6) is -0.563. The fourth-order valence-electron chi connectivity index (χ4n) is 2.39. The molecule has 0 radical (unpaired) electrons. The van der Waals surface area contributed by atoms with Gasteiger partial charge >= 0.3 is 0 Å². The first-order chi connectivity index (χ1) is 12.5. The van der Waals surface area contributed by atoms with Gasteiger partial charge in [0.2, 0.25) is 0 Å². The number of hydrogen-bond acceptors (Lipinski definition) is 5. The van der Waals surface area contributed by atoms with Gasteiger partial charge in [0, 0.05) is 23.7 Å². The van der Waals surface area contributed by atoms with Gasteiger partial charge in [0.15, 0.2) is 5.76 Å². The van der Waals surface area contributed by atoms with Crippen molar-refractivity contribution in [3.05, 3.63) is 63.4 Å². The highest BCUT2D eigenvalue weighted by atomic mass is 35.5. The van der Waals surface area contributed by atoms with Gasteiger partial charge in [-0.3, -0.25) is 19.3 Å². The second-order valence-corrected chi connectivity index (χ2v) is 6.94. The maximum Gasteiger partial charge on any atom is 0.293 e. The number of imide groups is 1. The van der Waals surface area contributed by atoms with Crippen LogP contribution in [0.25, 0.3) is 6.08 Å². The van der Waals surface area contributed by atoms with E-state index in [1.807, 2.05) is 0 Å². The average Bonchev–Trinajstić information content (AvgIpc) is 3.15. The number of rotatable bonds is 5. The molecule has 1 saturated heterocycles. The predicted octanol–water partition coefficient (Wildman–Crippen LogP) is 3.71. The van der Waals surface area contributed by atoms with Gasteiger partial charge in [-0.15, -0.1) is 0 Å². The molecule has 0 bridgehead atoms. The highest BCUT2D eigenvalue weighted by Gasteiger charge is 2.34. The van der Waals surface area contributed by atoms with Gasteiger partial charge in [0.25, 0.3) is 17.1 Å². The van der Waals surface area contributed by atoms with Crippen molar-refractivity contribution in [2.24, 2.45) is 0 Å². The molecule has 0 spiro atoms. The molecule has 3 rings (SSSR count). The zero-order chi connectivity index (χ0) is 18.7. The molecule has 0 saturated carbocycles. The average molecular weight is 391 g/mol. The number of carbonyl (C=O) groups is 3. The Bertz CT molecular complexity index is 906. The van der Waals surface area contributed by atoms with Crippen LogP contribution in [-0.4, -0.2) is 35.0 Å². The number of halogens is 1. The number of nitrogens with one attached hydrogen (secondary N) is 1.